The molecule has 1 fully saturated rings. The van der Waals surface area contributed by atoms with Crippen LogP contribution in [-0.4, -0.2) is 52.6 Å². The molecule has 5 N–H and O–H groups in total. The van der Waals surface area contributed by atoms with Gasteiger partial charge in [0.1, 0.15) is 11.5 Å². The molecule has 0 spiro atoms. The maximum Gasteiger partial charge on any atom is 0.253 e. The number of amidine groups is 1. The lowest BCUT2D eigenvalue weighted by Crippen LogP contribution is -2.41. The topological polar surface area (TPSA) is 130 Å². The van der Waals surface area contributed by atoms with E-state index in [2.05, 4.69) is 9.12 Å². The SMILES string of the molecule is COc1cccc(C(=O)N2CCC[C@H](COc3cccc4c3C(N)=NS(O)(O)N4)C2)c1. The number of carbonyl (C=O) groups is 1. The van der Waals surface area contributed by atoms with Crippen LogP contribution in [0, 0.1) is 5.92 Å². The maximum absolute atomic E-state index is 12.9. The highest BCUT2D eigenvalue weighted by Crippen LogP contribution is 2.46. The van der Waals surface area contributed by atoms with E-state index < -0.39 is 11.0 Å². The zero-order valence-electron chi connectivity index (χ0n) is 17.2. The summed E-state index contributed by atoms with van der Waals surface area (Å²) < 4.78 is 37.2. The Morgan fingerprint density at radius 2 is 2.13 bits per heavy atom. The van der Waals surface area contributed by atoms with Gasteiger partial charge in [-0.05, 0) is 54.1 Å². The summed E-state index contributed by atoms with van der Waals surface area (Å²) in [5.74, 6) is 1.32. The van der Waals surface area contributed by atoms with Crippen molar-refractivity contribution in [1.29, 1.82) is 0 Å². The van der Waals surface area contributed by atoms with Crippen LogP contribution in [0.15, 0.2) is 46.9 Å². The van der Waals surface area contributed by atoms with Crippen molar-refractivity contribution in [3.8, 4) is 11.5 Å². The second-order valence-electron chi connectivity index (χ2n) is 7.58. The molecule has 0 saturated carbocycles. The molecule has 0 bridgehead atoms. The Hall–Kier alpha value is -2.95. The van der Waals surface area contributed by atoms with Gasteiger partial charge in [0.25, 0.3) is 5.91 Å². The molecule has 2 aromatic carbocycles. The Balaban J connectivity index is 1.43. The summed E-state index contributed by atoms with van der Waals surface area (Å²) in [4.78, 5) is 14.8. The number of anilines is 1. The van der Waals surface area contributed by atoms with Gasteiger partial charge >= 0.3 is 0 Å². The zero-order valence-corrected chi connectivity index (χ0v) is 18.0. The molecule has 1 amide bonds. The van der Waals surface area contributed by atoms with Gasteiger partial charge in [-0.2, -0.15) is 0 Å². The minimum absolute atomic E-state index is 0.0165. The minimum Gasteiger partial charge on any atom is -0.497 e. The van der Waals surface area contributed by atoms with Gasteiger partial charge in [-0.1, -0.05) is 12.1 Å². The van der Waals surface area contributed by atoms with Crippen LogP contribution in [0.3, 0.4) is 0 Å². The van der Waals surface area contributed by atoms with Gasteiger partial charge in [0.05, 0.1) is 25.0 Å². The molecule has 1 saturated heterocycles. The minimum atomic E-state index is -3.34. The smallest absolute Gasteiger partial charge is 0.253 e. The van der Waals surface area contributed by atoms with Crippen molar-refractivity contribution >= 4 is 28.4 Å². The Morgan fingerprint density at radius 1 is 1.32 bits per heavy atom. The van der Waals surface area contributed by atoms with Gasteiger partial charge in [0.2, 0.25) is 0 Å². The first-order chi connectivity index (χ1) is 14.9. The number of nitrogens with one attached hydrogen (secondary N) is 1. The van der Waals surface area contributed by atoms with Crippen molar-refractivity contribution in [2.75, 3.05) is 31.5 Å². The van der Waals surface area contributed by atoms with Crippen LogP contribution in [0.1, 0.15) is 28.8 Å². The van der Waals surface area contributed by atoms with Crippen molar-refractivity contribution in [2.45, 2.75) is 12.8 Å². The number of fused-ring (bicyclic) bond motifs is 1. The Labute approximate surface area is 182 Å². The lowest BCUT2D eigenvalue weighted by Gasteiger charge is -2.34. The molecule has 166 valence electrons. The third kappa shape index (κ3) is 4.71. The first-order valence-corrected chi connectivity index (χ1v) is 11.5. The number of likely N-dealkylation sites (tertiary alicyclic amines) is 1. The molecule has 2 aliphatic rings. The molecule has 9 nitrogen and oxygen atoms in total. The van der Waals surface area contributed by atoms with Crippen LogP contribution in [0.4, 0.5) is 5.69 Å². The lowest BCUT2D eigenvalue weighted by atomic mass is 9.98. The van der Waals surface area contributed by atoms with Crippen molar-refractivity contribution in [3.05, 3.63) is 53.6 Å². The van der Waals surface area contributed by atoms with Crippen LogP contribution in [0.5, 0.6) is 11.5 Å². The van der Waals surface area contributed by atoms with Crippen LogP contribution in [0.2, 0.25) is 0 Å². The van der Waals surface area contributed by atoms with E-state index in [1.54, 1.807) is 37.4 Å². The number of amides is 1. The molecule has 1 atom stereocenters. The van der Waals surface area contributed by atoms with Gasteiger partial charge in [-0.3, -0.25) is 18.6 Å². The predicted molar refractivity (Wildman–Crippen MR) is 121 cm³/mol. The Morgan fingerprint density at radius 3 is 2.94 bits per heavy atom. The summed E-state index contributed by atoms with van der Waals surface area (Å²) >= 11 is 0. The number of methoxy groups -OCH3 is 1. The number of rotatable bonds is 5. The van der Waals surface area contributed by atoms with E-state index in [1.807, 2.05) is 17.0 Å². The van der Waals surface area contributed by atoms with Crippen molar-refractivity contribution in [2.24, 2.45) is 16.0 Å². The lowest BCUT2D eigenvalue weighted by molar-refractivity contribution is 0.0633. The summed E-state index contributed by atoms with van der Waals surface area (Å²) in [6.07, 6.45) is 1.84. The highest BCUT2D eigenvalue weighted by atomic mass is 32.3. The fourth-order valence-electron chi connectivity index (χ4n) is 3.89. The molecule has 10 heteroatoms. The quantitative estimate of drug-likeness (QED) is 0.554. The Kier molecular flexibility index (Phi) is 5.94. The third-order valence-electron chi connectivity index (χ3n) is 5.35. The second-order valence-corrected chi connectivity index (χ2v) is 9.00. The average molecular weight is 447 g/mol. The number of carbonyl (C=O) groups excluding carboxylic acids is 1. The van der Waals surface area contributed by atoms with Gasteiger partial charge < -0.3 is 20.1 Å². The van der Waals surface area contributed by atoms with Gasteiger partial charge in [-0.15, -0.1) is 4.40 Å². The molecule has 2 aromatic rings. The van der Waals surface area contributed by atoms with E-state index in [9.17, 15) is 13.9 Å². The predicted octanol–water partition coefficient (Wildman–Crippen LogP) is 3.34. The van der Waals surface area contributed by atoms with Crippen LogP contribution < -0.4 is 19.9 Å². The molecule has 4 rings (SSSR count). The molecule has 0 unspecified atom stereocenters. The summed E-state index contributed by atoms with van der Waals surface area (Å²) in [6, 6.07) is 12.4. The first kappa shape index (κ1) is 21.3. The molecule has 0 aliphatic carbocycles. The molecule has 2 heterocycles. The molecule has 2 aliphatic heterocycles. The third-order valence-corrected chi connectivity index (χ3v) is 6.30. The van der Waals surface area contributed by atoms with E-state index in [1.165, 1.54) is 0 Å². The zero-order chi connectivity index (χ0) is 22.0. The standard InChI is InChI=1S/C21H26N4O5S/c1-29-16-7-2-6-15(11-16)21(26)25-10-4-5-14(12-25)13-30-18-9-3-8-17-19(18)20(22)24-31(27,28)23-17/h2-3,6-9,11,14,23,27-28H,4-5,10,12-13H2,1H3,(H2,22,24)/t14-/m0/s1. The molecule has 0 radical (unpaired) electrons. The fraction of sp³-hybridized carbons (Fsp3) is 0.333. The second kappa shape index (κ2) is 8.66. The van der Waals surface area contributed by atoms with Crippen LogP contribution in [-0.2, 0) is 0 Å². The largest absolute Gasteiger partial charge is 0.497 e. The average Bonchev–Trinajstić information content (AvgIpc) is 2.76. The van der Waals surface area contributed by atoms with Crippen molar-refractivity contribution < 1.29 is 23.4 Å². The van der Waals surface area contributed by atoms with Crippen LogP contribution >= 0.6 is 11.0 Å². The van der Waals surface area contributed by atoms with Crippen molar-refractivity contribution in [1.82, 2.24) is 4.90 Å². The van der Waals surface area contributed by atoms with E-state index in [0.717, 1.165) is 12.8 Å². The number of nitrogens with zero attached hydrogens (tertiary/aromatic N) is 2. The maximum atomic E-state index is 12.9. The molecule has 31 heavy (non-hydrogen) atoms. The molecular weight excluding hydrogens is 420 g/mol. The first-order valence-electron chi connectivity index (χ1n) is 9.97. The van der Waals surface area contributed by atoms with Gasteiger partial charge in [0, 0.05) is 24.6 Å². The summed E-state index contributed by atoms with van der Waals surface area (Å²) in [6.45, 7) is 1.70. The summed E-state index contributed by atoms with van der Waals surface area (Å²) in [5.41, 5.74) is 7.52. The normalized spacial score (nSPS) is 20.7. The number of hydrogen-bond acceptors (Lipinski definition) is 8. The van der Waals surface area contributed by atoms with Crippen molar-refractivity contribution in [3.63, 3.8) is 0 Å². The van der Waals surface area contributed by atoms with E-state index in [4.69, 9.17) is 15.2 Å². The van der Waals surface area contributed by atoms with E-state index in [0.29, 0.717) is 48.0 Å². The Bertz CT molecular complexity index is 1010. The number of ether oxygens (including phenoxy) is 2. The highest BCUT2D eigenvalue weighted by molar-refractivity contribution is 8.24. The molecule has 0 aromatic heterocycles. The van der Waals surface area contributed by atoms with Gasteiger partial charge in [-0.25, -0.2) is 0 Å². The summed E-state index contributed by atoms with van der Waals surface area (Å²) in [5, 5.41) is 0. The molecular formula is C21H26N4O5S. The fourth-order valence-corrected chi connectivity index (χ4v) is 4.76. The number of hydrogen-bond donors (Lipinski definition) is 4. The van der Waals surface area contributed by atoms with E-state index in [-0.39, 0.29) is 17.7 Å². The highest BCUT2D eigenvalue weighted by Gasteiger charge is 2.28. The van der Waals surface area contributed by atoms with E-state index >= 15 is 0 Å². The number of benzene rings is 2. The van der Waals surface area contributed by atoms with Gasteiger partial charge in [0.15, 0.2) is 5.84 Å². The number of nitrogens with two attached hydrogens (primary N) is 1. The van der Waals surface area contributed by atoms with Crippen LogP contribution in [0.25, 0.3) is 0 Å². The summed E-state index contributed by atoms with van der Waals surface area (Å²) in [7, 11) is -1.76. The monoisotopic (exact) mass is 446 g/mol. The number of piperidine rings is 1.